The van der Waals surface area contributed by atoms with Crippen molar-refractivity contribution in [3.8, 4) is 0 Å². The maximum Gasteiger partial charge on any atom is 0.314 e. The Morgan fingerprint density at radius 1 is 1.24 bits per heavy atom. The van der Waals surface area contributed by atoms with Crippen LogP contribution >= 0.6 is 0 Å². The van der Waals surface area contributed by atoms with Gasteiger partial charge in [-0.05, 0) is 31.6 Å². The highest BCUT2D eigenvalue weighted by molar-refractivity contribution is 5.79. The van der Waals surface area contributed by atoms with Crippen molar-refractivity contribution in [2.45, 2.75) is 79.1 Å². The summed E-state index contributed by atoms with van der Waals surface area (Å²) in [7, 11) is 1.69. The Hall–Kier alpha value is -1.09. The van der Waals surface area contributed by atoms with Gasteiger partial charge in [-0.3, -0.25) is 4.79 Å². The number of methoxy groups -OCH3 is 1. The molecule has 0 bridgehead atoms. The second-order valence-corrected chi connectivity index (χ2v) is 7.82. The second-order valence-electron chi connectivity index (χ2n) is 7.82. The summed E-state index contributed by atoms with van der Waals surface area (Å²) in [5.74, 6) is 0.108. The van der Waals surface area contributed by atoms with Gasteiger partial charge in [0, 0.05) is 19.6 Å². The summed E-state index contributed by atoms with van der Waals surface area (Å²) in [6.45, 7) is 9.35. The van der Waals surface area contributed by atoms with Crippen molar-refractivity contribution < 1.29 is 14.6 Å². The minimum atomic E-state index is -0.762. The number of carboxylic acid groups (broad SMARTS) is 1. The number of ether oxygens (including phenoxy) is 1. The van der Waals surface area contributed by atoms with E-state index in [2.05, 4.69) is 39.8 Å². The molecule has 0 aromatic carbocycles. The van der Waals surface area contributed by atoms with Crippen molar-refractivity contribution >= 4 is 5.97 Å². The standard InChI is InChI=1S/C22H38O3/c1-6-18-15-19(7-2)20(12-14-25-5)22(16-18,21(23)24)13-10-8-9-11-17(3)4/h15-17,20H,6-14H2,1-5H3,(H,23,24). The van der Waals surface area contributed by atoms with Gasteiger partial charge in [-0.2, -0.15) is 0 Å². The molecule has 25 heavy (non-hydrogen) atoms. The van der Waals surface area contributed by atoms with E-state index in [-0.39, 0.29) is 5.92 Å². The van der Waals surface area contributed by atoms with E-state index in [4.69, 9.17) is 4.74 Å². The van der Waals surface area contributed by atoms with Crippen molar-refractivity contribution in [3.05, 3.63) is 23.3 Å². The molecular weight excluding hydrogens is 312 g/mol. The van der Waals surface area contributed by atoms with Crippen LogP contribution in [0.25, 0.3) is 0 Å². The summed E-state index contributed by atoms with van der Waals surface area (Å²) >= 11 is 0. The maximum atomic E-state index is 12.4. The molecule has 1 aliphatic rings. The van der Waals surface area contributed by atoms with E-state index >= 15 is 0 Å². The molecule has 0 radical (unpaired) electrons. The average molecular weight is 351 g/mol. The number of unbranched alkanes of at least 4 members (excludes halogenated alkanes) is 2. The van der Waals surface area contributed by atoms with Crippen LogP contribution in [-0.2, 0) is 9.53 Å². The monoisotopic (exact) mass is 350 g/mol. The van der Waals surface area contributed by atoms with Gasteiger partial charge >= 0.3 is 5.97 Å². The molecule has 0 saturated carbocycles. The predicted octanol–water partition coefficient (Wildman–Crippen LogP) is 6.00. The topological polar surface area (TPSA) is 46.5 Å². The van der Waals surface area contributed by atoms with Gasteiger partial charge in [0.05, 0.1) is 5.41 Å². The molecule has 0 aliphatic heterocycles. The molecule has 1 aliphatic carbocycles. The van der Waals surface area contributed by atoms with E-state index in [1.807, 2.05) is 0 Å². The molecule has 2 atom stereocenters. The molecule has 0 amide bonds. The lowest BCUT2D eigenvalue weighted by Crippen LogP contribution is -2.40. The molecule has 1 rings (SSSR count). The fraction of sp³-hybridized carbons (Fsp3) is 0.773. The van der Waals surface area contributed by atoms with Crippen molar-refractivity contribution in [1.82, 2.24) is 0 Å². The number of carbonyl (C=O) groups is 1. The minimum absolute atomic E-state index is 0.0512. The summed E-state index contributed by atoms with van der Waals surface area (Å²) in [5.41, 5.74) is 1.69. The predicted molar refractivity (Wildman–Crippen MR) is 105 cm³/mol. The molecule has 0 saturated heterocycles. The number of rotatable bonds is 12. The molecule has 3 heteroatoms. The molecule has 0 aromatic rings. The van der Waals surface area contributed by atoms with Crippen LogP contribution in [0.1, 0.15) is 79.1 Å². The highest BCUT2D eigenvalue weighted by Crippen LogP contribution is 2.47. The molecule has 0 spiro atoms. The molecule has 0 fully saturated rings. The summed E-state index contributed by atoms with van der Waals surface area (Å²) in [4.78, 5) is 12.4. The van der Waals surface area contributed by atoms with Crippen LogP contribution in [-0.4, -0.2) is 24.8 Å². The SMILES string of the molecule is CCC1=CC(CCCCCC(C)C)(C(=O)O)C(CCOC)C(CC)=C1. The number of aliphatic carboxylic acids is 1. The summed E-state index contributed by atoms with van der Waals surface area (Å²) in [5, 5.41) is 10.2. The Balaban J connectivity index is 3.00. The van der Waals surface area contributed by atoms with Crippen molar-refractivity contribution in [2.24, 2.45) is 17.3 Å². The Kier molecular flexibility index (Phi) is 9.48. The van der Waals surface area contributed by atoms with Crippen LogP contribution in [0.5, 0.6) is 0 Å². The van der Waals surface area contributed by atoms with Crippen molar-refractivity contribution in [2.75, 3.05) is 13.7 Å². The average Bonchev–Trinajstić information content (AvgIpc) is 2.58. The van der Waals surface area contributed by atoms with E-state index in [0.29, 0.717) is 6.61 Å². The van der Waals surface area contributed by atoms with Gasteiger partial charge in [-0.15, -0.1) is 0 Å². The Labute approximate surface area is 154 Å². The Morgan fingerprint density at radius 2 is 1.96 bits per heavy atom. The smallest absolute Gasteiger partial charge is 0.314 e. The molecular formula is C22H38O3. The Bertz CT molecular complexity index is 476. The zero-order chi connectivity index (χ0) is 18.9. The largest absolute Gasteiger partial charge is 0.481 e. The molecule has 0 aromatic heterocycles. The zero-order valence-corrected chi connectivity index (χ0v) is 16.9. The highest BCUT2D eigenvalue weighted by atomic mass is 16.5. The first-order valence-electron chi connectivity index (χ1n) is 10.1. The van der Waals surface area contributed by atoms with Crippen LogP contribution in [0, 0.1) is 17.3 Å². The van der Waals surface area contributed by atoms with Crippen molar-refractivity contribution in [1.29, 1.82) is 0 Å². The number of allylic oxidation sites excluding steroid dienone is 3. The van der Waals surface area contributed by atoms with Gasteiger partial charge < -0.3 is 9.84 Å². The Morgan fingerprint density at radius 3 is 2.48 bits per heavy atom. The lowest BCUT2D eigenvalue weighted by atomic mass is 9.63. The number of hydrogen-bond donors (Lipinski definition) is 1. The molecule has 144 valence electrons. The first-order chi connectivity index (χ1) is 11.9. The van der Waals surface area contributed by atoms with Gasteiger partial charge in [0.1, 0.15) is 0 Å². The molecule has 1 N–H and O–H groups in total. The fourth-order valence-electron chi connectivity index (χ4n) is 4.08. The summed E-state index contributed by atoms with van der Waals surface area (Å²) in [6.07, 6.45) is 12.1. The number of hydrogen-bond acceptors (Lipinski definition) is 2. The van der Waals surface area contributed by atoms with E-state index in [1.165, 1.54) is 24.0 Å². The summed E-state index contributed by atoms with van der Waals surface area (Å²) < 4.78 is 5.29. The third kappa shape index (κ3) is 5.99. The van der Waals surface area contributed by atoms with Crippen LogP contribution in [0.2, 0.25) is 0 Å². The van der Waals surface area contributed by atoms with E-state index in [0.717, 1.165) is 44.4 Å². The van der Waals surface area contributed by atoms with Gasteiger partial charge in [0.2, 0.25) is 0 Å². The highest BCUT2D eigenvalue weighted by Gasteiger charge is 2.46. The fourth-order valence-corrected chi connectivity index (χ4v) is 4.08. The zero-order valence-electron chi connectivity index (χ0n) is 16.9. The third-order valence-electron chi connectivity index (χ3n) is 5.58. The molecule has 0 heterocycles. The normalized spacial score (nSPS) is 23.5. The van der Waals surface area contributed by atoms with E-state index in [9.17, 15) is 9.90 Å². The van der Waals surface area contributed by atoms with E-state index < -0.39 is 11.4 Å². The lowest BCUT2D eigenvalue weighted by Gasteiger charge is -2.40. The maximum absolute atomic E-state index is 12.4. The van der Waals surface area contributed by atoms with Crippen LogP contribution in [0.3, 0.4) is 0 Å². The number of carboxylic acids is 1. The quantitative estimate of drug-likeness (QED) is 0.439. The van der Waals surface area contributed by atoms with Crippen LogP contribution in [0.4, 0.5) is 0 Å². The lowest BCUT2D eigenvalue weighted by molar-refractivity contribution is -0.149. The first-order valence-corrected chi connectivity index (χ1v) is 10.1. The molecule has 2 unspecified atom stereocenters. The van der Waals surface area contributed by atoms with Gasteiger partial charge in [-0.25, -0.2) is 0 Å². The van der Waals surface area contributed by atoms with Gasteiger partial charge in [0.15, 0.2) is 0 Å². The third-order valence-corrected chi connectivity index (χ3v) is 5.58. The minimum Gasteiger partial charge on any atom is -0.481 e. The van der Waals surface area contributed by atoms with E-state index in [1.54, 1.807) is 7.11 Å². The second kappa shape index (κ2) is 10.8. The van der Waals surface area contributed by atoms with Gasteiger partial charge in [-0.1, -0.05) is 76.7 Å². The van der Waals surface area contributed by atoms with Crippen molar-refractivity contribution in [3.63, 3.8) is 0 Å². The van der Waals surface area contributed by atoms with Gasteiger partial charge in [0.25, 0.3) is 0 Å². The van der Waals surface area contributed by atoms with Crippen LogP contribution in [0.15, 0.2) is 23.3 Å². The molecule has 3 nitrogen and oxygen atoms in total. The first kappa shape index (κ1) is 22.0. The summed E-state index contributed by atoms with van der Waals surface area (Å²) in [6, 6.07) is 0. The van der Waals surface area contributed by atoms with Crippen LogP contribution < -0.4 is 0 Å².